The Morgan fingerprint density at radius 1 is 1.03 bits per heavy atom. The molecule has 1 amide bonds. The van der Waals surface area contributed by atoms with E-state index in [0.717, 1.165) is 24.3 Å². The minimum Gasteiger partial charge on any atom is -0.368 e. The average Bonchev–Trinajstić information content (AvgIpc) is 3.51. The molecule has 1 aromatic carbocycles. The van der Waals surface area contributed by atoms with Gasteiger partial charge < -0.3 is 14.3 Å². The molecule has 0 unspecified atom stereocenters. The molecule has 3 aromatic heterocycles. The van der Waals surface area contributed by atoms with Gasteiger partial charge in [-0.1, -0.05) is 30.3 Å². The number of piperazine rings is 1. The van der Waals surface area contributed by atoms with Crippen LogP contribution >= 0.6 is 0 Å². The number of carbonyl (C=O) groups is 1. The second-order valence-corrected chi connectivity index (χ2v) is 7.94. The minimum atomic E-state index is 0.000960. The van der Waals surface area contributed by atoms with Crippen LogP contribution in [0.4, 0.5) is 5.69 Å². The molecular formula is C24H25N7O2. The normalized spacial score (nSPS) is 14.0. The third-order valence-electron chi connectivity index (χ3n) is 5.92. The van der Waals surface area contributed by atoms with Crippen LogP contribution in [-0.4, -0.2) is 61.9 Å². The van der Waals surface area contributed by atoms with Gasteiger partial charge in [-0.25, -0.2) is 9.67 Å². The van der Waals surface area contributed by atoms with E-state index in [4.69, 9.17) is 4.52 Å². The van der Waals surface area contributed by atoms with Crippen molar-refractivity contribution in [1.82, 2.24) is 29.8 Å². The molecule has 4 heterocycles. The number of aryl methyl sites for hydroxylation is 1. The molecule has 9 heteroatoms. The molecule has 1 fully saturated rings. The molecule has 0 N–H and O–H groups in total. The van der Waals surface area contributed by atoms with Gasteiger partial charge >= 0.3 is 0 Å². The van der Waals surface area contributed by atoms with Crippen LogP contribution < -0.4 is 4.90 Å². The summed E-state index contributed by atoms with van der Waals surface area (Å²) in [6.45, 7) is 6.83. The van der Waals surface area contributed by atoms with Crippen molar-refractivity contribution in [1.29, 1.82) is 0 Å². The second-order valence-electron chi connectivity index (χ2n) is 7.94. The highest BCUT2D eigenvalue weighted by Crippen LogP contribution is 2.21. The molecule has 0 spiro atoms. The lowest BCUT2D eigenvalue weighted by Gasteiger charge is -2.36. The van der Waals surface area contributed by atoms with Crippen LogP contribution in [0.2, 0.25) is 0 Å². The van der Waals surface area contributed by atoms with Gasteiger partial charge in [0.1, 0.15) is 0 Å². The van der Waals surface area contributed by atoms with Crippen LogP contribution in [0.1, 0.15) is 28.8 Å². The Hall–Kier alpha value is -4.01. The Morgan fingerprint density at radius 2 is 1.82 bits per heavy atom. The molecule has 9 nitrogen and oxygen atoms in total. The van der Waals surface area contributed by atoms with Crippen LogP contribution in [0.3, 0.4) is 0 Å². The number of rotatable bonds is 5. The van der Waals surface area contributed by atoms with E-state index in [9.17, 15) is 4.79 Å². The summed E-state index contributed by atoms with van der Waals surface area (Å²) in [5.74, 6) is 1.72. The SMILES string of the molecule is CCc1noc(-c2ccc(-n3ncc(C(=O)N4CCN(c5ccccc5)CC4)c3C)nc2)n1. The van der Waals surface area contributed by atoms with Gasteiger partial charge in [0.05, 0.1) is 23.0 Å². The summed E-state index contributed by atoms with van der Waals surface area (Å²) in [7, 11) is 0. The molecule has 168 valence electrons. The number of carbonyl (C=O) groups excluding carboxylic acids is 1. The maximum Gasteiger partial charge on any atom is 0.259 e. The fraction of sp³-hybridized carbons (Fsp3) is 0.292. The minimum absolute atomic E-state index is 0.000960. The van der Waals surface area contributed by atoms with Crippen molar-refractivity contribution in [2.24, 2.45) is 0 Å². The standard InChI is InChI=1S/C24H25N7O2/c1-3-21-27-23(33-28-21)18-9-10-22(25-15-18)31-17(2)20(16-26-31)24(32)30-13-11-29(12-14-30)19-7-5-4-6-8-19/h4-10,15-16H,3,11-14H2,1-2H3. The van der Waals surface area contributed by atoms with Crippen molar-refractivity contribution in [3.05, 3.63) is 71.9 Å². The summed E-state index contributed by atoms with van der Waals surface area (Å²) in [6, 6.07) is 14.0. The highest BCUT2D eigenvalue weighted by atomic mass is 16.5. The van der Waals surface area contributed by atoms with Crippen LogP contribution in [0.15, 0.2) is 59.4 Å². The van der Waals surface area contributed by atoms with Gasteiger partial charge in [0.2, 0.25) is 0 Å². The lowest BCUT2D eigenvalue weighted by atomic mass is 10.2. The molecule has 5 rings (SSSR count). The molecule has 4 aromatic rings. The highest BCUT2D eigenvalue weighted by Gasteiger charge is 2.25. The molecule has 0 saturated carbocycles. The first kappa shape index (κ1) is 20.9. The smallest absolute Gasteiger partial charge is 0.259 e. The second kappa shape index (κ2) is 8.85. The third kappa shape index (κ3) is 4.09. The van der Waals surface area contributed by atoms with E-state index in [0.29, 0.717) is 42.6 Å². The van der Waals surface area contributed by atoms with E-state index < -0.39 is 0 Å². The Morgan fingerprint density at radius 3 is 2.48 bits per heavy atom. The summed E-state index contributed by atoms with van der Waals surface area (Å²) >= 11 is 0. The number of para-hydroxylation sites is 1. The lowest BCUT2D eigenvalue weighted by molar-refractivity contribution is 0.0746. The summed E-state index contributed by atoms with van der Waals surface area (Å²) < 4.78 is 6.96. The van der Waals surface area contributed by atoms with Gasteiger partial charge in [-0.2, -0.15) is 10.1 Å². The molecular weight excluding hydrogens is 418 g/mol. The fourth-order valence-corrected chi connectivity index (χ4v) is 3.98. The predicted octanol–water partition coefficient (Wildman–Crippen LogP) is 3.15. The van der Waals surface area contributed by atoms with Crippen molar-refractivity contribution in [3.8, 4) is 17.3 Å². The number of hydrogen-bond donors (Lipinski definition) is 0. The number of benzene rings is 1. The molecule has 0 aliphatic carbocycles. The van der Waals surface area contributed by atoms with Gasteiger partial charge in [-0.3, -0.25) is 4.79 Å². The van der Waals surface area contributed by atoms with Crippen LogP contribution in [0.5, 0.6) is 0 Å². The Balaban J connectivity index is 1.28. The first-order valence-electron chi connectivity index (χ1n) is 11.1. The number of hydrogen-bond acceptors (Lipinski definition) is 7. The van der Waals surface area contributed by atoms with E-state index in [-0.39, 0.29) is 5.91 Å². The molecule has 1 aliphatic rings. The zero-order valence-corrected chi connectivity index (χ0v) is 18.7. The number of nitrogens with zero attached hydrogens (tertiary/aromatic N) is 7. The van der Waals surface area contributed by atoms with E-state index in [2.05, 4.69) is 37.3 Å². The Labute approximate surface area is 191 Å². The first-order chi connectivity index (χ1) is 16.1. The largest absolute Gasteiger partial charge is 0.368 e. The van der Waals surface area contributed by atoms with Gasteiger partial charge in [-0.15, -0.1) is 0 Å². The first-order valence-corrected chi connectivity index (χ1v) is 11.1. The molecule has 1 saturated heterocycles. The van der Waals surface area contributed by atoms with Crippen molar-refractivity contribution in [3.63, 3.8) is 0 Å². The predicted molar refractivity (Wildman–Crippen MR) is 123 cm³/mol. The topological polar surface area (TPSA) is 93.2 Å². The van der Waals surface area contributed by atoms with E-state index in [1.54, 1.807) is 17.1 Å². The van der Waals surface area contributed by atoms with Crippen molar-refractivity contribution in [2.75, 3.05) is 31.1 Å². The monoisotopic (exact) mass is 443 g/mol. The van der Waals surface area contributed by atoms with Gasteiger partial charge in [-0.05, 0) is 31.2 Å². The molecule has 0 radical (unpaired) electrons. The third-order valence-corrected chi connectivity index (χ3v) is 5.92. The number of anilines is 1. The quantitative estimate of drug-likeness (QED) is 0.468. The molecule has 33 heavy (non-hydrogen) atoms. The van der Waals surface area contributed by atoms with Crippen LogP contribution in [-0.2, 0) is 6.42 Å². The lowest BCUT2D eigenvalue weighted by Crippen LogP contribution is -2.48. The zero-order chi connectivity index (χ0) is 22.8. The van der Waals surface area contributed by atoms with Gasteiger partial charge in [0.15, 0.2) is 11.6 Å². The van der Waals surface area contributed by atoms with E-state index in [1.807, 2.05) is 49.1 Å². The maximum atomic E-state index is 13.2. The molecule has 0 atom stereocenters. The van der Waals surface area contributed by atoms with Crippen LogP contribution in [0.25, 0.3) is 17.3 Å². The number of aromatic nitrogens is 5. The zero-order valence-electron chi connectivity index (χ0n) is 18.7. The van der Waals surface area contributed by atoms with E-state index >= 15 is 0 Å². The Kier molecular flexibility index (Phi) is 5.60. The summed E-state index contributed by atoms with van der Waals surface area (Å²) in [4.78, 5) is 26.2. The fourth-order valence-electron chi connectivity index (χ4n) is 3.98. The van der Waals surface area contributed by atoms with Crippen molar-refractivity contribution >= 4 is 11.6 Å². The summed E-state index contributed by atoms with van der Waals surface area (Å²) in [5.41, 5.74) is 3.29. The number of amides is 1. The van der Waals surface area contributed by atoms with Gasteiger partial charge in [0, 0.05) is 44.5 Å². The molecule has 0 bridgehead atoms. The Bertz CT molecular complexity index is 1240. The molecule has 1 aliphatic heterocycles. The summed E-state index contributed by atoms with van der Waals surface area (Å²) in [5, 5.41) is 8.35. The van der Waals surface area contributed by atoms with Gasteiger partial charge in [0.25, 0.3) is 11.8 Å². The average molecular weight is 444 g/mol. The van der Waals surface area contributed by atoms with Crippen LogP contribution in [0, 0.1) is 6.92 Å². The summed E-state index contributed by atoms with van der Waals surface area (Å²) in [6.07, 6.45) is 4.01. The van der Waals surface area contributed by atoms with Crippen molar-refractivity contribution in [2.45, 2.75) is 20.3 Å². The maximum absolute atomic E-state index is 13.2. The number of pyridine rings is 1. The van der Waals surface area contributed by atoms with E-state index in [1.165, 1.54) is 5.69 Å². The van der Waals surface area contributed by atoms with Crippen molar-refractivity contribution < 1.29 is 9.32 Å². The highest BCUT2D eigenvalue weighted by molar-refractivity contribution is 5.95.